The first-order valence-corrected chi connectivity index (χ1v) is 5.66. The van der Waals surface area contributed by atoms with E-state index in [-0.39, 0.29) is 0 Å². The monoisotopic (exact) mass is 199 g/mol. The van der Waals surface area contributed by atoms with Gasteiger partial charge in [-0.3, -0.25) is 0 Å². The molecule has 2 nitrogen and oxygen atoms in total. The quantitative estimate of drug-likeness (QED) is 0.455. The van der Waals surface area contributed by atoms with E-state index in [0.717, 1.165) is 39.0 Å². The average molecular weight is 199 g/mol. The maximum absolute atomic E-state index is 5.54. The van der Waals surface area contributed by atoms with E-state index in [4.69, 9.17) is 4.74 Å². The Morgan fingerprint density at radius 1 is 1.43 bits per heavy atom. The molecule has 0 bridgehead atoms. The van der Waals surface area contributed by atoms with Crippen LogP contribution in [0.25, 0.3) is 0 Å². The third-order valence-corrected chi connectivity index (χ3v) is 2.08. The summed E-state index contributed by atoms with van der Waals surface area (Å²) in [6.07, 6.45) is 3.32. The van der Waals surface area contributed by atoms with Crippen molar-refractivity contribution >= 4 is 0 Å². The lowest BCUT2D eigenvalue weighted by atomic mass is 10.1. The van der Waals surface area contributed by atoms with E-state index in [2.05, 4.69) is 32.7 Å². The van der Waals surface area contributed by atoms with Crippen molar-refractivity contribution in [1.29, 1.82) is 0 Å². The first-order chi connectivity index (χ1) is 6.70. The zero-order valence-corrected chi connectivity index (χ0v) is 9.94. The molecule has 0 aromatic heterocycles. The van der Waals surface area contributed by atoms with Gasteiger partial charge >= 0.3 is 0 Å². The van der Waals surface area contributed by atoms with Gasteiger partial charge in [0.05, 0.1) is 6.61 Å². The number of likely N-dealkylation sites (N-methyl/N-ethyl adjacent to an activating group) is 1. The van der Waals surface area contributed by atoms with Gasteiger partial charge in [0.25, 0.3) is 0 Å². The lowest BCUT2D eigenvalue weighted by Gasteiger charge is -2.17. The van der Waals surface area contributed by atoms with Crippen molar-refractivity contribution in [3.8, 4) is 0 Å². The minimum Gasteiger partial charge on any atom is -0.380 e. The molecule has 0 saturated heterocycles. The lowest BCUT2D eigenvalue weighted by molar-refractivity contribution is 0.110. The Hall–Kier alpha value is -0.340. The fourth-order valence-electron chi connectivity index (χ4n) is 1.32. The molecule has 84 valence electrons. The predicted molar refractivity (Wildman–Crippen MR) is 62.6 cm³/mol. The van der Waals surface area contributed by atoms with Crippen molar-refractivity contribution in [1.82, 2.24) is 5.32 Å². The highest BCUT2D eigenvalue weighted by molar-refractivity contribution is 4.89. The van der Waals surface area contributed by atoms with Crippen LogP contribution in [0.2, 0.25) is 0 Å². The molecule has 1 N–H and O–H groups in total. The van der Waals surface area contributed by atoms with Crippen LogP contribution in [0.1, 0.15) is 40.0 Å². The molecule has 0 aromatic carbocycles. The molecule has 1 atom stereocenters. The molecule has 0 aliphatic carbocycles. The summed E-state index contributed by atoms with van der Waals surface area (Å²) < 4.78 is 5.54. The van der Waals surface area contributed by atoms with Crippen LogP contribution in [0.15, 0.2) is 12.2 Å². The van der Waals surface area contributed by atoms with Gasteiger partial charge in [0.2, 0.25) is 0 Å². The largest absolute Gasteiger partial charge is 0.380 e. The van der Waals surface area contributed by atoms with E-state index >= 15 is 0 Å². The van der Waals surface area contributed by atoms with Crippen LogP contribution in [0.4, 0.5) is 0 Å². The minimum atomic E-state index is 0.489. The normalized spacial score (nSPS) is 12.8. The molecular formula is C12H25NO. The van der Waals surface area contributed by atoms with E-state index in [1.54, 1.807) is 0 Å². The third kappa shape index (κ3) is 8.27. The Morgan fingerprint density at radius 3 is 2.64 bits per heavy atom. The highest BCUT2D eigenvalue weighted by Crippen LogP contribution is 2.05. The Balaban J connectivity index is 3.59. The van der Waals surface area contributed by atoms with Crippen LogP contribution in [0.3, 0.4) is 0 Å². The fraction of sp³-hybridized carbons (Fsp3) is 0.833. The van der Waals surface area contributed by atoms with Crippen molar-refractivity contribution in [2.45, 2.75) is 46.1 Å². The second-order valence-corrected chi connectivity index (χ2v) is 3.83. The van der Waals surface area contributed by atoms with Gasteiger partial charge in [-0.1, -0.05) is 19.4 Å². The van der Waals surface area contributed by atoms with Crippen molar-refractivity contribution in [3.05, 3.63) is 12.2 Å². The Morgan fingerprint density at radius 2 is 2.14 bits per heavy atom. The van der Waals surface area contributed by atoms with Gasteiger partial charge < -0.3 is 10.1 Å². The van der Waals surface area contributed by atoms with Crippen LogP contribution in [-0.2, 0) is 4.74 Å². The number of ether oxygens (including phenoxy) is 1. The van der Waals surface area contributed by atoms with Gasteiger partial charge in [0.15, 0.2) is 0 Å². The topological polar surface area (TPSA) is 21.3 Å². The van der Waals surface area contributed by atoms with E-state index in [0.29, 0.717) is 6.04 Å². The third-order valence-electron chi connectivity index (χ3n) is 2.08. The summed E-state index contributed by atoms with van der Waals surface area (Å²) in [4.78, 5) is 0. The Bertz CT molecular complexity index is 145. The maximum Gasteiger partial charge on any atom is 0.0619 e. The second-order valence-electron chi connectivity index (χ2n) is 3.83. The van der Waals surface area contributed by atoms with Crippen LogP contribution in [-0.4, -0.2) is 25.8 Å². The molecule has 0 aliphatic heterocycles. The maximum atomic E-state index is 5.54. The first kappa shape index (κ1) is 13.7. The fourth-order valence-corrected chi connectivity index (χ4v) is 1.32. The van der Waals surface area contributed by atoms with Crippen LogP contribution >= 0.6 is 0 Å². The number of hydrogen-bond acceptors (Lipinski definition) is 2. The molecule has 14 heavy (non-hydrogen) atoms. The SMILES string of the molecule is C=C(C)CCC(COCCC)NCC. The van der Waals surface area contributed by atoms with Crippen molar-refractivity contribution in [2.75, 3.05) is 19.8 Å². The molecule has 0 saturated carbocycles. The summed E-state index contributed by atoms with van der Waals surface area (Å²) in [5.74, 6) is 0. The molecule has 0 aromatic rings. The molecule has 1 unspecified atom stereocenters. The van der Waals surface area contributed by atoms with Crippen LogP contribution in [0, 0.1) is 0 Å². The van der Waals surface area contributed by atoms with Crippen LogP contribution < -0.4 is 5.32 Å². The molecule has 0 rings (SSSR count). The van der Waals surface area contributed by atoms with Gasteiger partial charge in [0, 0.05) is 12.6 Å². The molecule has 2 heteroatoms. The number of nitrogens with one attached hydrogen (secondary N) is 1. The van der Waals surface area contributed by atoms with Crippen molar-refractivity contribution in [3.63, 3.8) is 0 Å². The van der Waals surface area contributed by atoms with Crippen LogP contribution in [0.5, 0.6) is 0 Å². The van der Waals surface area contributed by atoms with E-state index < -0.39 is 0 Å². The summed E-state index contributed by atoms with van der Waals surface area (Å²) >= 11 is 0. The minimum absolute atomic E-state index is 0.489. The van der Waals surface area contributed by atoms with Gasteiger partial charge in [0.1, 0.15) is 0 Å². The highest BCUT2D eigenvalue weighted by Gasteiger charge is 2.06. The molecule has 0 fully saturated rings. The lowest BCUT2D eigenvalue weighted by Crippen LogP contribution is -2.33. The van der Waals surface area contributed by atoms with Gasteiger partial charge in [-0.15, -0.1) is 6.58 Å². The zero-order valence-electron chi connectivity index (χ0n) is 9.94. The molecule has 0 heterocycles. The Kier molecular flexibility index (Phi) is 9.00. The number of rotatable bonds is 9. The molecular weight excluding hydrogens is 174 g/mol. The van der Waals surface area contributed by atoms with Gasteiger partial charge in [-0.05, 0) is 32.7 Å². The predicted octanol–water partition coefficient (Wildman–Crippen LogP) is 2.75. The average Bonchev–Trinajstić information content (AvgIpc) is 2.14. The summed E-state index contributed by atoms with van der Waals surface area (Å²) in [7, 11) is 0. The summed E-state index contributed by atoms with van der Waals surface area (Å²) in [6.45, 7) is 13.0. The van der Waals surface area contributed by atoms with E-state index in [9.17, 15) is 0 Å². The first-order valence-electron chi connectivity index (χ1n) is 5.66. The summed E-state index contributed by atoms with van der Waals surface area (Å²) in [5.41, 5.74) is 1.25. The number of allylic oxidation sites excluding steroid dienone is 1. The molecule has 0 spiro atoms. The summed E-state index contributed by atoms with van der Waals surface area (Å²) in [5, 5.41) is 3.43. The zero-order chi connectivity index (χ0) is 10.8. The van der Waals surface area contributed by atoms with E-state index in [1.807, 2.05) is 0 Å². The molecule has 0 aliphatic rings. The standard InChI is InChI=1S/C12H25NO/c1-5-9-14-10-12(13-6-2)8-7-11(3)4/h12-13H,3,5-10H2,1-2,4H3. The molecule has 0 radical (unpaired) electrons. The van der Waals surface area contributed by atoms with Gasteiger partial charge in [-0.25, -0.2) is 0 Å². The van der Waals surface area contributed by atoms with Crippen molar-refractivity contribution in [2.24, 2.45) is 0 Å². The van der Waals surface area contributed by atoms with Gasteiger partial charge in [-0.2, -0.15) is 0 Å². The number of hydrogen-bond donors (Lipinski definition) is 1. The summed E-state index contributed by atoms with van der Waals surface area (Å²) in [6, 6.07) is 0.489. The smallest absolute Gasteiger partial charge is 0.0619 e. The van der Waals surface area contributed by atoms with E-state index in [1.165, 1.54) is 5.57 Å². The van der Waals surface area contributed by atoms with Crippen molar-refractivity contribution < 1.29 is 4.74 Å². The Labute approximate surface area is 88.7 Å². The second kappa shape index (κ2) is 9.22. The molecule has 0 amide bonds. The highest BCUT2D eigenvalue weighted by atomic mass is 16.5.